The van der Waals surface area contributed by atoms with E-state index in [1.54, 1.807) is 14.2 Å². The predicted molar refractivity (Wildman–Crippen MR) is 142 cm³/mol. The molecule has 1 amide bonds. The number of anilines is 1. The Kier molecular flexibility index (Phi) is 8.11. The second kappa shape index (κ2) is 11.4. The van der Waals surface area contributed by atoms with Crippen LogP contribution in [0.15, 0.2) is 42.5 Å². The van der Waals surface area contributed by atoms with Crippen molar-refractivity contribution in [3.63, 3.8) is 0 Å². The summed E-state index contributed by atoms with van der Waals surface area (Å²) in [6.07, 6.45) is 5.48. The number of unbranched alkanes of at least 4 members (excludes halogenated alkanes) is 1. The van der Waals surface area contributed by atoms with Crippen LogP contribution in [0.25, 0.3) is 10.9 Å². The second-order valence-electron chi connectivity index (χ2n) is 9.32. The van der Waals surface area contributed by atoms with Crippen LogP contribution in [0.4, 0.5) is 5.82 Å². The molecule has 4 rings (SSSR count). The van der Waals surface area contributed by atoms with E-state index in [1.807, 2.05) is 30.3 Å². The van der Waals surface area contributed by atoms with Crippen LogP contribution in [0.3, 0.4) is 0 Å². The Morgan fingerprint density at radius 1 is 1.09 bits per heavy atom. The average molecular weight is 476 g/mol. The number of carbonyl (C=O) groups is 1. The van der Waals surface area contributed by atoms with Crippen molar-refractivity contribution in [2.75, 3.05) is 32.2 Å². The summed E-state index contributed by atoms with van der Waals surface area (Å²) >= 11 is 0. The van der Waals surface area contributed by atoms with Crippen LogP contribution in [0.2, 0.25) is 0 Å². The molecule has 0 bridgehead atoms. The van der Waals surface area contributed by atoms with Gasteiger partial charge in [-0.2, -0.15) is 0 Å². The summed E-state index contributed by atoms with van der Waals surface area (Å²) in [7, 11) is 3.32. The van der Waals surface area contributed by atoms with Gasteiger partial charge in [-0.15, -0.1) is 0 Å². The molecule has 3 aromatic rings. The van der Waals surface area contributed by atoms with Gasteiger partial charge in [-0.1, -0.05) is 51.3 Å². The molecule has 1 aliphatic rings. The maximum atomic E-state index is 13.4. The van der Waals surface area contributed by atoms with Gasteiger partial charge in [-0.3, -0.25) is 4.79 Å². The van der Waals surface area contributed by atoms with Crippen LogP contribution in [-0.2, 0) is 13.0 Å². The fraction of sp³-hybridized carbons (Fsp3) is 0.448. The molecule has 0 saturated heterocycles. The number of amides is 1. The molecule has 2 aromatic carbocycles. The van der Waals surface area contributed by atoms with Crippen LogP contribution < -0.4 is 19.7 Å². The van der Waals surface area contributed by atoms with Crippen molar-refractivity contribution in [1.82, 2.24) is 10.3 Å². The number of benzene rings is 2. The zero-order chi connectivity index (χ0) is 24.8. The van der Waals surface area contributed by atoms with Crippen molar-refractivity contribution in [2.24, 2.45) is 5.92 Å². The summed E-state index contributed by atoms with van der Waals surface area (Å²) in [5, 5.41) is 4.10. The normalized spacial score (nSPS) is 13.9. The summed E-state index contributed by atoms with van der Waals surface area (Å²) in [6.45, 7) is 6.65. The fourth-order valence-electron chi connectivity index (χ4n) is 4.87. The molecule has 0 spiro atoms. The smallest absolute Gasteiger partial charge is 0.252 e. The van der Waals surface area contributed by atoms with Gasteiger partial charge in [0.2, 0.25) is 0 Å². The van der Waals surface area contributed by atoms with Gasteiger partial charge in [0, 0.05) is 25.0 Å². The molecule has 0 radical (unpaired) electrons. The van der Waals surface area contributed by atoms with Gasteiger partial charge >= 0.3 is 0 Å². The largest absolute Gasteiger partial charge is 0.493 e. The Balaban J connectivity index is 1.61. The van der Waals surface area contributed by atoms with Gasteiger partial charge < -0.3 is 19.7 Å². The number of rotatable bonds is 10. The summed E-state index contributed by atoms with van der Waals surface area (Å²) in [5.41, 5.74) is 3.98. The molecule has 1 aliphatic heterocycles. The molecule has 186 valence electrons. The first-order valence-electron chi connectivity index (χ1n) is 12.7. The number of pyridine rings is 1. The first-order valence-corrected chi connectivity index (χ1v) is 12.7. The highest BCUT2D eigenvalue weighted by molar-refractivity contribution is 6.07. The molecule has 1 N–H and O–H groups in total. The van der Waals surface area contributed by atoms with Crippen LogP contribution in [-0.4, -0.2) is 38.2 Å². The number of carbonyl (C=O) groups excluding carboxylic acids is 1. The number of nitrogens with one attached hydrogen (secondary N) is 1. The molecule has 0 unspecified atom stereocenters. The summed E-state index contributed by atoms with van der Waals surface area (Å²) in [4.78, 5) is 20.5. The number of para-hydroxylation sites is 1. The van der Waals surface area contributed by atoms with Crippen LogP contribution in [0.1, 0.15) is 61.0 Å². The van der Waals surface area contributed by atoms with Crippen molar-refractivity contribution >= 4 is 22.6 Å². The van der Waals surface area contributed by atoms with E-state index >= 15 is 0 Å². The monoisotopic (exact) mass is 475 g/mol. The molecule has 6 nitrogen and oxygen atoms in total. The van der Waals surface area contributed by atoms with E-state index in [2.05, 4.69) is 36.2 Å². The lowest BCUT2D eigenvalue weighted by Gasteiger charge is -2.31. The van der Waals surface area contributed by atoms with Crippen molar-refractivity contribution in [3.05, 3.63) is 59.2 Å². The van der Waals surface area contributed by atoms with Gasteiger partial charge in [0.1, 0.15) is 5.82 Å². The number of ether oxygens (including phenoxy) is 2. The summed E-state index contributed by atoms with van der Waals surface area (Å²) in [5.74, 6) is 2.80. The third kappa shape index (κ3) is 5.53. The SMILES string of the molecule is CCCC[C@@H](CC)CNC(=O)c1cc(N2CCc3cc(OC)c(OC)cc3C2)nc2ccccc12. The maximum Gasteiger partial charge on any atom is 0.252 e. The number of hydrogen-bond donors (Lipinski definition) is 1. The van der Waals surface area contributed by atoms with Crippen molar-refractivity contribution in [3.8, 4) is 11.5 Å². The van der Waals surface area contributed by atoms with Crippen LogP contribution >= 0.6 is 0 Å². The molecule has 0 aliphatic carbocycles. The van der Waals surface area contributed by atoms with E-state index < -0.39 is 0 Å². The second-order valence-corrected chi connectivity index (χ2v) is 9.32. The van der Waals surface area contributed by atoms with Gasteiger partial charge in [0.05, 0.1) is 25.3 Å². The van der Waals surface area contributed by atoms with E-state index in [9.17, 15) is 4.79 Å². The summed E-state index contributed by atoms with van der Waals surface area (Å²) < 4.78 is 11.0. The molecule has 0 saturated carbocycles. The number of aromatic nitrogens is 1. The lowest BCUT2D eigenvalue weighted by atomic mass is 9.98. The van der Waals surface area contributed by atoms with Crippen LogP contribution in [0.5, 0.6) is 11.5 Å². The molecule has 35 heavy (non-hydrogen) atoms. The Morgan fingerprint density at radius 2 is 1.83 bits per heavy atom. The average Bonchev–Trinajstić information content (AvgIpc) is 2.91. The van der Waals surface area contributed by atoms with Crippen molar-refractivity contribution < 1.29 is 14.3 Å². The van der Waals surface area contributed by atoms with E-state index in [0.717, 1.165) is 54.0 Å². The first kappa shape index (κ1) is 24.8. The number of hydrogen-bond acceptors (Lipinski definition) is 5. The minimum absolute atomic E-state index is 0.0244. The lowest BCUT2D eigenvalue weighted by Crippen LogP contribution is -2.32. The molecule has 6 heteroatoms. The first-order chi connectivity index (χ1) is 17.1. The highest BCUT2D eigenvalue weighted by atomic mass is 16.5. The molecule has 0 fully saturated rings. The molecular formula is C29H37N3O3. The number of fused-ring (bicyclic) bond motifs is 2. The number of nitrogens with zero attached hydrogens (tertiary/aromatic N) is 2. The quantitative estimate of drug-likeness (QED) is 0.404. The Morgan fingerprint density at radius 3 is 2.54 bits per heavy atom. The zero-order valence-corrected chi connectivity index (χ0v) is 21.4. The van der Waals surface area contributed by atoms with Gasteiger partial charge in [-0.25, -0.2) is 4.98 Å². The third-order valence-electron chi connectivity index (χ3n) is 7.08. The minimum atomic E-state index is -0.0244. The van der Waals surface area contributed by atoms with E-state index in [-0.39, 0.29) is 5.91 Å². The van der Waals surface area contributed by atoms with E-state index in [4.69, 9.17) is 14.5 Å². The molecular weight excluding hydrogens is 438 g/mol. The van der Waals surface area contributed by atoms with E-state index in [1.165, 1.54) is 24.0 Å². The molecule has 1 atom stereocenters. The Bertz CT molecular complexity index is 1180. The lowest BCUT2D eigenvalue weighted by molar-refractivity contribution is 0.0947. The van der Waals surface area contributed by atoms with Crippen molar-refractivity contribution in [2.45, 2.75) is 52.5 Å². The third-order valence-corrected chi connectivity index (χ3v) is 7.08. The topological polar surface area (TPSA) is 63.7 Å². The predicted octanol–water partition coefficient (Wildman–Crippen LogP) is 5.76. The highest BCUT2D eigenvalue weighted by Crippen LogP contribution is 2.35. The number of methoxy groups -OCH3 is 2. The minimum Gasteiger partial charge on any atom is -0.493 e. The fourth-order valence-corrected chi connectivity index (χ4v) is 4.87. The Labute approximate surface area is 208 Å². The van der Waals surface area contributed by atoms with Crippen LogP contribution in [0, 0.1) is 5.92 Å². The van der Waals surface area contributed by atoms with Crippen molar-refractivity contribution in [1.29, 1.82) is 0 Å². The van der Waals surface area contributed by atoms with E-state index in [0.29, 0.717) is 24.6 Å². The summed E-state index contributed by atoms with van der Waals surface area (Å²) in [6, 6.07) is 14.0. The van der Waals surface area contributed by atoms with Gasteiger partial charge in [0.25, 0.3) is 5.91 Å². The zero-order valence-electron chi connectivity index (χ0n) is 21.4. The standard InChI is InChI=1S/C29H37N3O3/c1-5-7-10-20(6-2)18-30-29(33)24-17-28(31-25-12-9-8-11-23(24)25)32-14-13-21-15-26(34-3)27(35-4)16-22(21)19-32/h8-9,11-12,15-17,20H,5-7,10,13-14,18-19H2,1-4H3,(H,30,33)/t20-/m1/s1. The highest BCUT2D eigenvalue weighted by Gasteiger charge is 2.23. The maximum absolute atomic E-state index is 13.4. The van der Waals surface area contributed by atoms with Gasteiger partial charge in [0.15, 0.2) is 11.5 Å². The molecule has 2 heterocycles. The molecule has 1 aromatic heterocycles. The van der Waals surface area contributed by atoms with Gasteiger partial charge in [-0.05, 0) is 54.2 Å². The Hall–Kier alpha value is -3.28.